The van der Waals surface area contributed by atoms with Crippen molar-refractivity contribution in [1.29, 1.82) is 0 Å². The van der Waals surface area contributed by atoms with Gasteiger partial charge in [0.05, 0.1) is 12.8 Å². The lowest BCUT2D eigenvalue weighted by Gasteiger charge is -2.26. The van der Waals surface area contributed by atoms with Crippen LogP contribution in [0.4, 0.5) is 16.2 Å². The van der Waals surface area contributed by atoms with Gasteiger partial charge in [-0.25, -0.2) is 19.3 Å². The van der Waals surface area contributed by atoms with E-state index in [0.29, 0.717) is 29.9 Å². The molecule has 1 saturated carbocycles. The van der Waals surface area contributed by atoms with Crippen molar-refractivity contribution in [3.63, 3.8) is 0 Å². The van der Waals surface area contributed by atoms with Crippen molar-refractivity contribution in [3.05, 3.63) is 30.1 Å². The molecule has 1 atom stereocenters. The van der Waals surface area contributed by atoms with Crippen LogP contribution in [0.25, 0.3) is 0 Å². The number of ether oxygens (including phenoxy) is 1. The maximum Gasteiger partial charge on any atom is 0.226 e. The molecule has 0 amide bonds. The molecule has 1 N–H and O–H groups in total. The highest BCUT2D eigenvalue weighted by atomic mass is 19.1. The Morgan fingerprint density at radius 2 is 2.12 bits per heavy atom. The molecule has 2 fully saturated rings. The lowest BCUT2D eigenvalue weighted by Crippen LogP contribution is -2.28. The van der Waals surface area contributed by atoms with E-state index < -0.39 is 0 Å². The second-order valence-electron chi connectivity index (χ2n) is 6.52. The molecule has 2 aliphatic rings. The summed E-state index contributed by atoms with van der Waals surface area (Å²) >= 11 is 0. The zero-order valence-corrected chi connectivity index (χ0v) is 14.2. The first-order valence-electron chi connectivity index (χ1n) is 8.63. The molecule has 0 aromatic carbocycles. The Balaban J connectivity index is 1.45. The predicted molar refractivity (Wildman–Crippen MR) is 91.4 cm³/mol. The van der Waals surface area contributed by atoms with E-state index in [0.717, 1.165) is 32.2 Å². The van der Waals surface area contributed by atoms with Gasteiger partial charge in [-0.3, -0.25) is 0 Å². The summed E-state index contributed by atoms with van der Waals surface area (Å²) in [5.74, 6) is 1.44. The largest absolute Gasteiger partial charge is 0.481 e. The van der Waals surface area contributed by atoms with Crippen molar-refractivity contribution in [2.24, 2.45) is 0 Å². The Bertz CT molecular complexity index is 754. The summed E-state index contributed by atoms with van der Waals surface area (Å²) in [5, 5.41) is 3.28. The first-order valence-corrected chi connectivity index (χ1v) is 8.63. The number of nitrogens with zero attached hydrogens (tertiary/aromatic N) is 5. The van der Waals surface area contributed by atoms with Crippen LogP contribution >= 0.6 is 0 Å². The third-order valence-corrected chi connectivity index (χ3v) is 4.95. The molecule has 25 heavy (non-hydrogen) atoms. The van der Waals surface area contributed by atoms with E-state index in [9.17, 15) is 4.39 Å². The zero-order chi connectivity index (χ0) is 17.2. The molecule has 1 aliphatic carbocycles. The van der Waals surface area contributed by atoms with E-state index in [2.05, 4.69) is 25.3 Å². The molecule has 3 heterocycles. The molecule has 8 heteroatoms. The van der Waals surface area contributed by atoms with Gasteiger partial charge in [-0.05, 0) is 19.3 Å². The summed E-state index contributed by atoms with van der Waals surface area (Å²) in [6.45, 7) is 1.39. The molecule has 1 saturated heterocycles. The van der Waals surface area contributed by atoms with Crippen LogP contribution in [-0.4, -0.2) is 46.2 Å². The summed E-state index contributed by atoms with van der Waals surface area (Å²) in [6, 6.07) is 1.83. The quantitative estimate of drug-likeness (QED) is 0.892. The van der Waals surface area contributed by atoms with Crippen LogP contribution in [0.2, 0.25) is 0 Å². The minimum absolute atomic E-state index is 0.133. The van der Waals surface area contributed by atoms with Gasteiger partial charge in [0.25, 0.3) is 0 Å². The van der Waals surface area contributed by atoms with Gasteiger partial charge in [-0.15, -0.1) is 0 Å². The van der Waals surface area contributed by atoms with Gasteiger partial charge in [-0.1, -0.05) is 6.42 Å². The Labute approximate surface area is 145 Å². The van der Waals surface area contributed by atoms with Crippen LogP contribution in [0.15, 0.2) is 18.6 Å². The Hall–Kier alpha value is -2.51. The van der Waals surface area contributed by atoms with E-state index in [-0.39, 0.29) is 17.8 Å². The van der Waals surface area contributed by atoms with Crippen LogP contribution in [0.1, 0.15) is 37.3 Å². The molecule has 0 spiro atoms. The average Bonchev–Trinajstić information content (AvgIpc) is 3.03. The van der Waals surface area contributed by atoms with Gasteiger partial charge in [0.2, 0.25) is 11.8 Å². The third kappa shape index (κ3) is 3.20. The minimum atomic E-state index is -0.259. The van der Waals surface area contributed by atoms with E-state index in [4.69, 9.17) is 4.74 Å². The number of hydrogen-bond donors (Lipinski definition) is 1. The lowest BCUT2D eigenvalue weighted by atomic mass is 9.82. The number of halogens is 1. The number of hydrogen-bond acceptors (Lipinski definition) is 7. The molecular formula is C17H21FN6O. The van der Waals surface area contributed by atoms with Crippen molar-refractivity contribution in [1.82, 2.24) is 19.9 Å². The maximum absolute atomic E-state index is 14.8. The second kappa shape index (κ2) is 6.78. The highest BCUT2D eigenvalue weighted by Crippen LogP contribution is 2.38. The van der Waals surface area contributed by atoms with E-state index in [1.807, 2.05) is 4.90 Å². The van der Waals surface area contributed by atoms with Crippen molar-refractivity contribution in [2.45, 2.75) is 37.6 Å². The molecule has 7 nitrogen and oxygen atoms in total. The number of anilines is 2. The van der Waals surface area contributed by atoms with E-state index >= 15 is 0 Å². The number of aromatic nitrogens is 4. The van der Waals surface area contributed by atoms with Gasteiger partial charge in [0.1, 0.15) is 6.33 Å². The Morgan fingerprint density at radius 3 is 2.88 bits per heavy atom. The molecular weight excluding hydrogens is 323 g/mol. The Morgan fingerprint density at radius 1 is 1.24 bits per heavy atom. The second-order valence-corrected chi connectivity index (χ2v) is 6.52. The molecule has 1 aliphatic heterocycles. The third-order valence-electron chi connectivity index (χ3n) is 4.95. The van der Waals surface area contributed by atoms with Gasteiger partial charge < -0.3 is 15.0 Å². The van der Waals surface area contributed by atoms with Gasteiger partial charge in [-0.2, -0.15) is 4.98 Å². The van der Waals surface area contributed by atoms with Crippen molar-refractivity contribution in [2.75, 3.05) is 30.4 Å². The van der Waals surface area contributed by atoms with Crippen molar-refractivity contribution < 1.29 is 9.13 Å². The van der Waals surface area contributed by atoms with Gasteiger partial charge in [0, 0.05) is 37.3 Å². The standard InChI is InChI=1S/C17H21FN6O/c1-25-13-5-7-19-17(23-13)22-12-6-8-24(9-12)16-14(18)15(20-10-21-16)11-3-2-4-11/h5,7,10-12H,2-4,6,8-9H2,1H3,(H,19,22,23). The fourth-order valence-corrected chi connectivity index (χ4v) is 3.34. The van der Waals surface area contributed by atoms with Crippen LogP contribution < -0.4 is 15.0 Å². The summed E-state index contributed by atoms with van der Waals surface area (Å²) in [6.07, 6.45) is 7.19. The molecule has 0 bridgehead atoms. The highest BCUT2D eigenvalue weighted by molar-refractivity contribution is 5.45. The lowest BCUT2D eigenvalue weighted by molar-refractivity contribution is 0.392. The SMILES string of the molecule is COc1ccnc(NC2CCN(c3ncnc(C4CCC4)c3F)C2)n1. The molecule has 132 valence electrons. The summed E-state index contributed by atoms with van der Waals surface area (Å²) in [5.41, 5.74) is 0.573. The van der Waals surface area contributed by atoms with E-state index in [1.54, 1.807) is 19.4 Å². The monoisotopic (exact) mass is 344 g/mol. The topological polar surface area (TPSA) is 76.1 Å². The summed E-state index contributed by atoms with van der Waals surface area (Å²) in [7, 11) is 1.57. The highest BCUT2D eigenvalue weighted by Gasteiger charge is 2.30. The number of methoxy groups -OCH3 is 1. The number of nitrogens with one attached hydrogen (secondary N) is 1. The molecule has 0 radical (unpaired) electrons. The average molecular weight is 344 g/mol. The molecule has 2 aromatic heterocycles. The van der Waals surface area contributed by atoms with Gasteiger partial charge >= 0.3 is 0 Å². The first-order chi connectivity index (χ1) is 12.2. The molecule has 4 rings (SSSR count). The Kier molecular flexibility index (Phi) is 4.33. The van der Waals surface area contributed by atoms with Crippen LogP contribution in [0, 0.1) is 5.82 Å². The summed E-state index contributed by atoms with van der Waals surface area (Å²) in [4.78, 5) is 18.8. The molecule has 1 unspecified atom stereocenters. The summed E-state index contributed by atoms with van der Waals surface area (Å²) < 4.78 is 19.9. The number of rotatable bonds is 5. The first kappa shape index (κ1) is 16.0. The maximum atomic E-state index is 14.8. The minimum Gasteiger partial charge on any atom is -0.481 e. The van der Waals surface area contributed by atoms with Crippen molar-refractivity contribution in [3.8, 4) is 5.88 Å². The van der Waals surface area contributed by atoms with E-state index in [1.165, 1.54) is 6.33 Å². The normalized spacial score (nSPS) is 20.4. The fourth-order valence-electron chi connectivity index (χ4n) is 3.34. The van der Waals surface area contributed by atoms with Crippen LogP contribution in [-0.2, 0) is 0 Å². The predicted octanol–water partition coefficient (Wildman–Crippen LogP) is 2.37. The molecule has 2 aromatic rings. The fraction of sp³-hybridized carbons (Fsp3) is 0.529. The zero-order valence-electron chi connectivity index (χ0n) is 14.2. The van der Waals surface area contributed by atoms with Crippen LogP contribution in [0.5, 0.6) is 5.88 Å². The van der Waals surface area contributed by atoms with Crippen molar-refractivity contribution >= 4 is 11.8 Å². The van der Waals surface area contributed by atoms with Gasteiger partial charge in [0.15, 0.2) is 11.6 Å². The van der Waals surface area contributed by atoms with Crippen LogP contribution in [0.3, 0.4) is 0 Å². The smallest absolute Gasteiger partial charge is 0.226 e.